The third kappa shape index (κ3) is 8.69. The first-order valence-corrected chi connectivity index (χ1v) is 9.47. The molecule has 0 bridgehead atoms. The second-order valence-electron chi connectivity index (χ2n) is 6.90. The first kappa shape index (κ1) is 23.3. The van der Waals surface area contributed by atoms with E-state index in [1.165, 1.54) is 0 Å². The van der Waals surface area contributed by atoms with Gasteiger partial charge >= 0.3 is 11.9 Å². The number of esters is 1. The predicted molar refractivity (Wildman–Crippen MR) is 100 cm³/mol. The van der Waals surface area contributed by atoms with E-state index in [0.29, 0.717) is 12.0 Å². The van der Waals surface area contributed by atoms with Gasteiger partial charge in [-0.25, -0.2) is 9.59 Å². The molecule has 0 amide bonds. The van der Waals surface area contributed by atoms with E-state index in [-0.39, 0.29) is 18.6 Å². The molecular formula is C20H32O7. The number of unbranched alkanes of at least 4 members (excludes halogenated alkanes) is 2. The minimum absolute atomic E-state index is 0.107. The number of aliphatic carboxylic acids is 1. The van der Waals surface area contributed by atoms with Crippen molar-refractivity contribution in [1.29, 1.82) is 0 Å². The SMILES string of the molecule is CC=C(C)C(=O)OC1CC(O)C(OC(C)CCCCC=CC(=O)O)OC1C. The molecule has 1 aliphatic heterocycles. The van der Waals surface area contributed by atoms with Crippen molar-refractivity contribution in [3.05, 3.63) is 23.8 Å². The highest BCUT2D eigenvalue weighted by Crippen LogP contribution is 2.25. The van der Waals surface area contributed by atoms with Crippen molar-refractivity contribution < 1.29 is 34.0 Å². The number of carboxylic acids is 1. The van der Waals surface area contributed by atoms with E-state index >= 15 is 0 Å². The summed E-state index contributed by atoms with van der Waals surface area (Å²) >= 11 is 0. The minimum Gasteiger partial charge on any atom is -0.478 e. The number of hydrogen-bond acceptors (Lipinski definition) is 6. The summed E-state index contributed by atoms with van der Waals surface area (Å²) in [6.07, 6.45) is 5.34. The molecule has 0 aromatic heterocycles. The summed E-state index contributed by atoms with van der Waals surface area (Å²) < 4.78 is 16.9. The van der Waals surface area contributed by atoms with Crippen LogP contribution in [0.3, 0.4) is 0 Å². The van der Waals surface area contributed by atoms with E-state index in [2.05, 4.69) is 0 Å². The summed E-state index contributed by atoms with van der Waals surface area (Å²) in [7, 11) is 0. The van der Waals surface area contributed by atoms with Crippen LogP contribution in [0.2, 0.25) is 0 Å². The first-order valence-electron chi connectivity index (χ1n) is 9.47. The molecule has 1 saturated heterocycles. The van der Waals surface area contributed by atoms with E-state index in [0.717, 1.165) is 25.3 Å². The Kier molecular flexibility index (Phi) is 10.3. The summed E-state index contributed by atoms with van der Waals surface area (Å²) in [6.45, 7) is 7.15. The average Bonchev–Trinajstić information content (AvgIpc) is 2.61. The summed E-state index contributed by atoms with van der Waals surface area (Å²) in [4.78, 5) is 22.3. The number of allylic oxidation sites excluding steroid dienone is 2. The Hall–Kier alpha value is -1.70. The number of carbonyl (C=O) groups is 2. The molecule has 0 radical (unpaired) electrons. The molecule has 5 atom stereocenters. The molecule has 7 heteroatoms. The maximum atomic E-state index is 11.9. The Bertz CT molecular complexity index is 540. The predicted octanol–water partition coefficient (Wildman–Crippen LogP) is 2.97. The van der Waals surface area contributed by atoms with Gasteiger partial charge in [-0.3, -0.25) is 0 Å². The van der Waals surface area contributed by atoms with Crippen molar-refractivity contribution in [3.63, 3.8) is 0 Å². The maximum Gasteiger partial charge on any atom is 0.333 e. The van der Waals surface area contributed by atoms with Crippen molar-refractivity contribution in [2.24, 2.45) is 0 Å². The fraction of sp³-hybridized carbons (Fsp3) is 0.700. The fourth-order valence-electron chi connectivity index (χ4n) is 2.72. The Labute approximate surface area is 161 Å². The second kappa shape index (κ2) is 11.9. The molecule has 154 valence electrons. The summed E-state index contributed by atoms with van der Waals surface area (Å²) in [5.74, 6) is -1.34. The Morgan fingerprint density at radius 2 is 2.04 bits per heavy atom. The zero-order valence-electron chi connectivity index (χ0n) is 16.6. The number of rotatable bonds is 10. The van der Waals surface area contributed by atoms with Gasteiger partial charge in [0.2, 0.25) is 0 Å². The summed E-state index contributed by atoms with van der Waals surface area (Å²) in [6, 6.07) is 0. The number of carbonyl (C=O) groups excluding carboxylic acids is 1. The van der Waals surface area contributed by atoms with Crippen molar-refractivity contribution in [2.45, 2.75) is 90.5 Å². The molecule has 0 aromatic carbocycles. The number of ether oxygens (including phenoxy) is 3. The Morgan fingerprint density at radius 1 is 1.33 bits per heavy atom. The normalized spacial score (nSPS) is 27.5. The standard InChI is InChI=1S/C20H32O7/c1-5-13(2)19(24)27-17-12-16(21)20(26-15(17)4)25-14(3)10-8-6-7-9-11-18(22)23/h5,9,11,14-17,20-21H,6-8,10,12H2,1-4H3,(H,22,23). The molecule has 1 fully saturated rings. The topological polar surface area (TPSA) is 102 Å². The lowest BCUT2D eigenvalue weighted by Gasteiger charge is -2.38. The van der Waals surface area contributed by atoms with Crippen LogP contribution in [0.15, 0.2) is 23.8 Å². The van der Waals surface area contributed by atoms with Crippen molar-refractivity contribution >= 4 is 11.9 Å². The van der Waals surface area contributed by atoms with Gasteiger partial charge < -0.3 is 24.4 Å². The molecule has 7 nitrogen and oxygen atoms in total. The van der Waals surface area contributed by atoms with Gasteiger partial charge in [-0.1, -0.05) is 18.6 Å². The lowest BCUT2D eigenvalue weighted by molar-refractivity contribution is -0.275. The van der Waals surface area contributed by atoms with Crippen molar-refractivity contribution in [3.8, 4) is 0 Å². The van der Waals surface area contributed by atoms with Crippen LogP contribution in [0.5, 0.6) is 0 Å². The number of aliphatic hydroxyl groups excluding tert-OH is 1. The number of aliphatic hydroxyl groups is 1. The van der Waals surface area contributed by atoms with E-state index in [1.54, 1.807) is 32.9 Å². The van der Waals surface area contributed by atoms with Crippen molar-refractivity contribution in [2.75, 3.05) is 0 Å². The zero-order valence-corrected chi connectivity index (χ0v) is 16.6. The molecule has 0 saturated carbocycles. The van der Waals surface area contributed by atoms with Gasteiger partial charge in [0, 0.05) is 18.1 Å². The molecule has 1 aliphatic rings. The van der Waals surface area contributed by atoms with Gasteiger partial charge in [0.25, 0.3) is 0 Å². The Morgan fingerprint density at radius 3 is 2.67 bits per heavy atom. The first-order chi connectivity index (χ1) is 12.7. The fourth-order valence-corrected chi connectivity index (χ4v) is 2.72. The summed E-state index contributed by atoms with van der Waals surface area (Å²) in [5, 5.41) is 18.8. The van der Waals surface area contributed by atoms with Gasteiger partial charge in [-0.05, 0) is 47.0 Å². The Balaban J connectivity index is 2.36. The van der Waals surface area contributed by atoms with E-state index in [1.807, 2.05) is 6.92 Å². The minimum atomic E-state index is -0.936. The zero-order chi connectivity index (χ0) is 20.4. The lowest BCUT2D eigenvalue weighted by atomic mass is 10.0. The van der Waals surface area contributed by atoms with Crippen LogP contribution in [0.4, 0.5) is 0 Å². The van der Waals surface area contributed by atoms with Crippen LogP contribution >= 0.6 is 0 Å². The van der Waals surface area contributed by atoms with E-state index in [4.69, 9.17) is 19.3 Å². The highest BCUT2D eigenvalue weighted by molar-refractivity contribution is 5.87. The van der Waals surface area contributed by atoms with Crippen molar-refractivity contribution in [1.82, 2.24) is 0 Å². The third-order valence-corrected chi connectivity index (χ3v) is 4.53. The number of hydrogen-bond donors (Lipinski definition) is 2. The van der Waals surface area contributed by atoms with Crippen LogP contribution in [0, 0.1) is 0 Å². The van der Waals surface area contributed by atoms with Crippen LogP contribution in [-0.2, 0) is 23.8 Å². The molecule has 1 rings (SSSR count). The average molecular weight is 384 g/mol. The van der Waals surface area contributed by atoms with Gasteiger partial charge in [0.05, 0.1) is 12.2 Å². The lowest BCUT2D eigenvalue weighted by Crippen LogP contribution is -2.49. The van der Waals surface area contributed by atoms with Crippen LogP contribution < -0.4 is 0 Å². The molecule has 0 aromatic rings. The highest BCUT2D eigenvalue weighted by atomic mass is 16.7. The quantitative estimate of drug-likeness (QED) is 0.339. The molecule has 27 heavy (non-hydrogen) atoms. The van der Waals surface area contributed by atoms with Crippen LogP contribution in [0.25, 0.3) is 0 Å². The largest absolute Gasteiger partial charge is 0.478 e. The monoisotopic (exact) mass is 384 g/mol. The molecule has 0 aliphatic carbocycles. The highest BCUT2D eigenvalue weighted by Gasteiger charge is 2.38. The third-order valence-electron chi connectivity index (χ3n) is 4.53. The maximum absolute atomic E-state index is 11.9. The second-order valence-corrected chi connectivity index (χ2v) is 6.90. The van der Waals surface area contributed by atoms with Crippen LogP contribution in [-0.4, -0.2) is 52.9 Å². The molecule has 1 heterocycles. The molecule has 5 unspecified atom stereocenters. The van der Waals surface area contributed by atoms with E-state index < -0.39 is 30.4 Å². The van der Waals surface area contributed by atoms with Crippen LogP contribution in [0.1, 0.15) is 59.8 Å². The molecule has 2 N–H and O–H groups in total. The molecular weight excluding hydrogens is 352 g/mol. The van der Waals surface area contributed by atoms with Gasteiger partial charge in [-0.15, -0.1) is 0 Å². The van der Waals surface area contributed by atoms with Gasteiger partial charge in [0.1, 0.15) is 12.2 Å². The van der Waals surface area contributed by atoms with Gasteiger partial charge in [-0.2, -0.15) is 0 Å². The number of carboxylic acid groups (broad SMARTS) is 1. The van der Waals surface area contributed by atoms with Gasteiger partial charge in [0.15, 0.2) is 6.29 Å². The molecule has 0 spiro atoms. The summed E-state index contributed by atoms with van der Waals surface area (Å²) in [5.41, 5.74) is 0.516. The van der Waals surface area contributed by atoms with E-state index in [9.17, 15) is 14.7 Å². The smallest absolute Gasteiger partial charge is 0.333 e.